The van der Waals surface area contributed by atoms with Crippen LogP contribution in [0.5, 0.6) is 0 Å². The second kappa shape index (κ2) is 8.22. The maximum Gasteiger partial charge on any atom is 0.251 e. The molecule has 0 saturated heterocycles. The van der Waals surface area contributed by atoms with E-state index in [0.717, 1.165) is 29.9 Å². The van der Waals surface area contributed by atoms with Gasteiger partial charge in [-0.25, -0.2) is 9.97 Å². The molecule has 27 heavy (non-hydrogen) atoms. The third-order valence-corrected chi connectivity index (χ3v) is 4.47. The molecule has 0 unspecified atom stereocenters. The summed E-state index contributed by atoms with van der Waals surface area (Å²) in [5.41, 5.74) is 3.78. The molecular formula is C19H24N6O2. The molecule has 3 rings (SSSR count). The molecule has 8 nitrogen and oxygen atoms in total. The predicted molar refractivity (Wildman–Crippen MR) is 101 cm³/mol. The van der Waals surface area contributed by atoms with E-state index in [1.807, 2.05) is 31.4 Å². The molecule has 8 heteroatoms. The molecule has 1 atom stereocenters. The van der Waals surface area contributed by atoms with Gasteiger partial charge in [-0.2, -0.15) is 0 Å². The summed E-state index contributed by atoms with van der Waals surface area (Å²) >= 11 is 0. The molecule has 1 aromatic carbocycles. The van der Waals surface area contributed by atoms with Crippen LogP contribution < -0.4 is 5.32 Å². The zero-order valence-corrected chi connectivity index (χ0v) is 16.1. The second-order valence-electron chi connectivity index (χ2n) is 6.52. The van der Waals surface area contributed by atoms with Gasteiger partial charge in [0.25, 0.3) is 5.91 Å². The van der Waals surface area contributed by atoms with Gasteiger partial charge < -0.3 is 14.6 Å². The van der Waals surface area contributed by atoms with Crippen LogP contribution in [0.4, 0.5) is 0 Å². The minimum Gasteiger partial charge on any atom is -0.385 e. The van der Waals surface area contributed by atoms with Crippen LogP contribution in [0.3, 0.4) is 0 Å². The lowest BCUT2D eigenvalue weighted by molar-refractivity contribution is 0.0937. The number of carbonyl (C=O) groups excluding carboxylic acids is 1. The van der Waals surface area contributed by atoms with Crippen molar-refractivity contribution in [2.45, 2.75) is 39.8 Å². The summed E-state index contributed by atoms with van der Waals surface area (Å²) in [7, 11) is 1.67. The number of benzene rings is 1. The van der Waals surface area contributed by atoms with Gasteiger partial charge in [0, 0.05) is 25.8 Å². The molecule has 3 aromatic rings. The first-order chi connectivity index (χ1) is 13.0. The SMILES string of the molecule is COCCCn1cnnc1[C@H](C)NC(=O)c1ccc2nc(C)c(C)nc2c1. The van der Waals surface area contributed by atoms with Gasteiger partial charge in [-0.05, 0) is 45.4 Å². The number of hydrogen-bond donors (Lipinski definition) is 1. The Bertz CT molecular complexity index is 953. The topological polar surface area (TPSA) is 94.8 Å². The Hall–Kier alpha value is -2.87. The van der Waals surface area contributed by atoms with E-state index in [0.29, 0.717) is 23.5 Å². The maximum absolute atomic E-state index is 12.7. The summed E-state index contributed by atoms with van der Waals surface area (Å²) in [5.74, 6) is 0.530. The molecule has 0 aliphatic carbocycles. The standard InChI is InChI=1S/C19H24N6O2/c1-12-13(2)22-17-10-15(6-7-16(17)21-12)19(26)23-14(3)18-24-20-11-25(18)8-5-9-27-4/h6-7,10-11,14H,5,8-9H2,1-4H3,(H,23,26)/t14-/m0/s1. The Balaban J connectivity index is 1.74. The van der Waals surface area contributed by atoms with Crippen LogP contribution in [0.1, 0.15) is 47.0 Å². The zero-order valence-electron chi connectivity index (χ0n) is 16.1. The average molecular weight is 368 g/mol. The number of carbonyl (C=O) groups is 1. The Morgan fingerprint density at radius 3 is 2.70 bits per heavy atom. The number of nitrogens with zero attached hydrogens (tertiary/aromatic N) is 5. The molecular weight excluding hydrogens is 344 g/mol. The summed E-state index contributed by atoms with van der Waals surface area (Å²) < 4.78 is 7.01. The minimum atomic E-state index is -0.274. The van der Waals surface area contributed by atoms with Crippen molar-refractivity contribution < 1.29 is 9.53 Å². The lowest BCUT2D eigenvalue weighted by Crippen LogP contribution is -2.28. The Kier molecular flexibility index (Phi) is 5.75. The zero-order chi connectivity index (χ0) is 19.4. The highest BCUT2D eigenvalue weighted by atomic mass is 16.5. The van der Waals surface area contributed by atoms with Crippen molar-refractivity contribution in [2.75, 3.05) is 13.7 Å². The molecule has 0 saturated carbocycles. The average Bonchev–Trinajstić information content (AvgIpc) is 3.11. The molecule has 0 bridgehead atoms. The highest BCUT2D eigenvalue weighted by Crippen LogP contribution is 2.16. The van der Waals surface area contributed by atoms with Gasteiger partial charge in [-0.15, -0.1) is 10.2 Å². The number of nitrogens with one attached hydrogen (secondary N) is 1. The number of methoxy groups -OCH3 is 1. The fourth-order valence-corrected chi connectivity index (χ4v) is 2.87. The van der Waals surface area contributed by atoms with Gasteiger partial charge >= 0.3 is 0 Å². The Morgan fingerprint density at radius 2 is 1.96 bits per heavy atom. The van der Waals surface area contributed by atoms with Crippen molar-refractivity contribution in [3.63, 3.8) is 0 Å². The molecule has 0 aliphatic heterocycles. The van der Waals surface area contributed by atoms with Gasteiger partial charge in [0.05, 0.1) is 28.5 Å². The van der Waals surface area contributed by atoms with E-state index in [2.05, 4.69) is 25.5 Å². The smallest absolute Gasteiger partial charge is 0.251 e. The number of amides is 1. The van der Waals surface area contributed by atoms with Gasteiger partial charge in [-0.1, -0.05) is 0 Å². The van der Waals surface area contributed by atoms with E-state index in [1.54, 1.807) is 25.6 Å². The largest absolute Gasteiger partial charge is 0.385 e. The van der Waals surface area contributed by atoms with Crippen molar-refractivity contribution in [3.05, 3.63) is 47.3 Å². The first kappa shape index (κ1) is 18.9. The Labute approximate surface area is 158 Å². The second-order valence-corrected chi connectivity index (χ2v) is 6.52. The summed E-state index contributed by atoms with van der Waals surface area (Å²) in [6, 6.07) is 5.07. The molecule has 0 radical (unpaired) electrons. The molecule has 1 amide bonds. The number of ether oxygens (including phenoxy) is 1. The van der Waals surface area contributed by atoms with Gasteiger partial charge in [0.2, 0.25) is 0 Å². The van der Waals surface area contributed by atoms with Crippen LogP contribution in [-0.2, 0) is 11.3 Å². The van der Waals surface area contributed by atoms with E-state index >= 15 is 0 Å². The summed E-state index contributed by atoms with van der Waals surface area (Å²) in [4.78, 5) is 21.7. The highest BCUT2D eigenvalue weighted by Gasteiger charge is 2.17. The van der Waals surface area contributed by atoms with E-state index in [4.69, 9.17) is 4.74 Å². The lowest BCUT2D eigenvalue weighted by Gasteiger charge is -2.15. The summed E-state index contributed by atoms with van der Waals surface area (Å²) in [6.07, 6.45) is 2.52. The molecule has 2 aromatic heterocycles. The monoisotopic (exact) mass is 368 g/mol. The first-order valence-electron chi connectivity index (χ1n) is 8.92. The molecule has 0 spiro atoms. The van der Waals surface area contributed by atoms with E-state index in [9.17, 15) is 4.79 Å². The van der Waals surface area contributed by atoms with E-state index < -0.39 is 0 Å². The fraction of sp³-hybridized carbons (Fsp3) is 0.421. The van der Waals surface area contributed by atoms with Crippen molar-refractivity contribution in [1.82, 2.24) is 30.0 Å². The van der Waals surface area contributed by atoms with Crippen LogP contribution in [0.2, 0.25) is 0 Å². The number of rotatable bonds is 7. The van der Waals surface area contributed by atoms with Crippen molar-refractivity contribution in [2.24, 2.45) is 0 Å². The molecule has 2 heterocycles. The quantitative estimate of drug-likeness (QED) is 0.643. The van der Waals surface area contributed by atoms with Crippen LogP contribution in [0, 0.1) is 13.8 Å². The summed E-state index contributed by atoms with van der Waals surface area (Å²) in [5, 5.41) is 11.1. The fourth-order valence-electron chi connectivity index (χ4n) is 2.87. The van der Waals surface area contributed by atoms with E-state index in [1.165, 1.54) is 0 Å². The minimum absolute atomic E-state index is 0.184. The van der Waals surface area contributed by atoms with Crippen LogP contribution in [-0.4, -0.2) is 44.4 Å². The van der Waals surface area contributed by atoms with Crippen LogP contribution in [0.15, 0.2) is 24.5 Å². The van der Waals surface area contributed by atoms with E-state index in [-0.39, 0.29) is 11.9 Å². The number of aromatic nitrogens is 5. The van der Waals surface area contributed by atoms with Gasteiger partial charge in [0.15, 0.2) is 5.82 Å². The molecule has 142 valence electrons. The summed E-state index contributed by atoms with van der Waals surface area (Å²) in [6.45, 7) is 7.12. The maximum atomic E-state index is 12.7. The highest BCUT2D eigenvalue weighted by molar-refractivity contribution is 5.97. The predicted octanol–water partition coefficient (Wildman–Crippen LogP) is 2.37. The van der Waals surface area contributed by atoms with Crippen molar-refractivity contribution >= 4 is 16.9 Å². The third-order valence-electron chi connectivity index (χ3n) is 4.47. The number of aryl methyl sites for hydroxylation is 3. The normalized spacial score (nSPS) is 12.3. The molecule has 0 aliphatic rings. The van der Waals surface area contributed by atoms with Crippen molar-refractivity contribution in [3.8, 4) is 0 Å². The Morgan fingerprint density at radius 1 is 1.22 bits per heavy atom. The number of fused-ring (bicyclic) bond motifs is 1. The third kappa shape index (κ3) is 4.28. The van der Waals surface area contributed by atoms with Gasteiger partial charge in [-0.3, -0.25) is 4.79 Å². The van der Waals surface area contributed by atoms with Crippen LogP contribution >= 0.6 is 0 Å². The van der Waals surface area contributed by atoms with Crippen molar-refractivity contribution in [1.29, 1.82) is 0 Å². The number of hydrogen-bond acceptors (Lipinski definition) is 6. The lowest BCUT2D eigenvalue weighted by atomic mass is 10.1. The first-order valence-corrected chi connectivity index (χ1v) is 8.92. The van der Waals surface area contributed by atoms with Crippen LogP contribution in [0.25, 0.3) is 11.0 Å². The van der Waals surface area contributed by atoms with Gasteiger partial charge in [0.1, 0.15) is 6.33 Å². The molecule has 0 fully saturated rings. The molecule has 1 N–H and O–H groups in total.